The summed E-state index contributed by atoms with van der Waals surface area (Å²) < 4.78 is 0. The Morgan fingerprint density at radius 1 is 1.05 bits per heavy atom. The highest BCUT2D eigenvalue weighted by Crippen LogP contribution is 2.23. The molecule has 0 aliphatic rings. The first-order valence-electron chi connectivity index (χ1n) is 6.00. The van der Waals surface area contributed by atoms with Crippen molar-refractivity contribution in [3.63, 3.8) is 0 Å². The number of nitrogens with zero attached hydrogens (tertiary/aromatic N) is 1. The predicted molar refractivity (Wildman–Crippen MR) is 75.3 cm³/mol. The van der Waals surface area contributed by atoms with Gasteiger partial charge in [0.2, 0.25) is 0 Å². The van der Waals surface area contributed by atoms with E-state index in [1.165, 1.54) is 4.90 Å². The molecule has 0 saturated carbocycles. The maximum Gasteiger partial charge on any atom is 0.253 e. The van der Waals surface area contributed by atoms with Gasteiger partial charge < -0.3 is 4.90 Å². The zero-order valence-electron chi connectivity index (χ0n) is 11.0. The van der Waals surface area contributed by atoms with Gasteiger partial charge in [-0.1, -0.05) is 36.4 Å². The third-order valence-corrected chi connectivity index (χ3v) is 2.91. The highest BCUT2D eigenvalue weighted by atomic mass is 16.2. The minimum absolute atomic E-state index is 0.0505. The van der Waals surface area contributed by atoms with Crippen LogP contribution in [0, 0.1) is 0 Å². The lowest BCUT2D eigenvalue weighted by Gasteiger charge is -2.12. The molecule has 0 fully saturated rings. The summed E-state index contributed by atoms with van der Waals surface area (Å²) in [6.45, 7) is 0. The molecule has 0 aliphatic carbocycles. The molecule has 3 heteroatoms. The summed E-state index contributed by atoms with van der Waals surface area (Å²) in [6.07, 6.45) is 0.829. The molecule has 0 atom stereocenters. The van der Waals surface area contributed by atoms with E-state index < -0.39 is 0 Å². The topological polar surface area (TPSA) is 37.4 Å². The van der Waals surface area contributed by atoms with Crippen molar-refractivity contribution >= 4 is 12.2 Å². The maximum absolute atomic E-state index is 11.9. The van der Waals surface area contributed by atoms with E-state index >= 15 is 0 Å². The molecule has 2 aromatic carbocycles. The van der Waals surface area contributed by atoms with Gasteiger partial charge in [0.05, 0.1) is 0 Å². The molecule has 2 aromatic rings. The zero-order valence-corrected chi connectivity index (χ0v) is 11.0. The lowest BCUT2D eigenvalue weighted by Crippen LogP contribution is -2.21. The Kier molecular flexibility index (Phi) is 3.76. The molecule has 0 bridgehead atoms. The SMILES string of the molecule is CN(C)C(=O)c1cccc(-c2ccccc2C=O)c1. The van der Waals surface area contributed by atoms with Crippen LogP contribution in [0.5, 0.6) is 0 Å². The van der Waals surface area contributed by atoms with Gasteiger partial charge >= 0.3 is 0 Å². The molecule has 0 radical (unpaired) electrons. The van der Waals surface area contributed by atoms with Crippen LogP contribution in [0.25, 0.3) is 11.1 Å². The normalized spacial score (nSPS) is 10.0. The second-order valence-electron chi connectivity index (χ2n) is 4.49. The molecule has 0 heterocycles. The largest absolute Gasteiger partial charge is 0.345 e. The van der Waals surface area contributed by atoms with E-state index in [1.54, 1.807) is 26.2 Å². The first kappa shape index (κ1) is 13.0. The molecule has 0 unspecified atom stereocenters. The van der Waals surface area contributed by atoms with Crippen LogP contribution in [0.4, 0.5) is 0 Å². The molecule has 96 valence electrons. The third kappa shape index (κ3) is 2.71. The van der Waals surface area contributed by atoms with Crippen LogP contribution < -0.4 is 0 Å². The van der Waals surface area contributed by atoms with E-state index in [0.717, 1.165) is 17.4 Å². The van der Waals surface area contributed by atoms with E-state index in [-0.39, 0.29) is 5.91 Å². The quantitative estimate of drug-likeness (QED) is 0.789. The van der Waals surface area contributed by atoms with Gasteiger partial charge in [0.15, 0.2) is 6.29 Å². The molecule has 0 aromatic heterocycles. The average Bonchev–Trinajstić information content (AvgIpc) is 2.46. The second kappa shape index (κ2) is 5.48. The lowest BCUT2D eigenvalue weighted by atomic mass is 9.98. The molecule has 0 N–H and O–H groups in total. The van der Waals surface area contributed by atoms with E-state index in [1.807, 2.05) is 36.4 Å². The number of carbonyl (C=O) groups excluding carboxylic acids is 2. The van der Waals surface area contributed by atoms with Crippen LogP contribution in [-0.4, -0.2) is 31.2 Å². The first-order chi connectivity index (χ1) is 9.13. The Morgan fingerprint density at radius 2 is 1.79 bits per heavy atom. The monoisotopic (exact) mass is 253 g/mol. The van der Waals surface area contributed by atoms with Crippen molar-refractivity contribution in [3.05, 3.63) is 59.7 Å². The van der Waals surface area contributed by atoms with Gasteiger partial charge in [0.25, 0.3) is 5.91 Å². The molecule has 1 amide bonds. The first-order valence-corrected chi connectivity index (χ1v) is 6.00. The lowest BCUT2D eigenvalue weighted by molar-refractivity contribution is 0.0827. The van der Waals surface area contributed by atoms with Crippen molar-refractivity contribution in [1.82, 2.24) is 4.90 Å². The summed E-state index contributed by atoms with van der Waals surface area (Å²) in [4.78, 5) is 24.5. The van der Waals surface area contributed by atoms with Crippen molar-refractivity contribution in [2.24, 2.45) is 0 Å². The molecular weight excluding hydrogens is 238 g/mol. The molecule has 0 aliphatic heterocycles. The van der Waals surface area contributed by atoms with Gasteiger partial charge in [-0.25, -0.2) is 0 Å². The Morgan fingerprint density at radius 3 is 2.47 bits per heavy atom. The van der Waals surface area contributed by atoms with Gasteiger partial charge in [-0.2, -0.15) is 0 Å². The summed E-state index contributed by atoms with van der Waals surface area (Å²) in [5.41, 5.74) is 2.95. The highest BCUT2D eigenvalue weighted by molar-refractivity contribution is 5.96. The fraction of sp³-hybridized carbons (Fsp3) is 0.125. The second-order valence-corrected chi connectivity index (χ2v) is 4.49. The molecule has 2 rings (SSSR count). The van der Waals surface area contributed by atoms with E-state index in [9.17, 15) is 9.59 Å². The summed E-state index contributed by atoms with van der Waals surface area (Å²) in [6, 6.07) is 14.7. The van der Waals surface area contributed by atoms with Gasteiger partial charge in [-0.05, 0) is 23.3 Å². The van der Waals surface area contributed by atoms with Crippen molar-refractivity contribution in [2.45, 2.75) is 0 Å². The van der Waals surface area contributed by atoms with Crippen molar-refractivity contribution < 1.29 is 9.59 Å². The van der Waals surface area contributed by atoms with E-state index in [0.29, 0.717) is 11.1 Å². The van der Waals surface area contributed by atoms with E-state index in [2.05, 4.69) is 0 Å². The van der Waals surface area contributed by atoms with Gasteiger partial charge in [-0.15, -0.1) is 0 Å². The highest BCUT2D eigenvalue weighted by Gasteiger charge is 2.10. The van der Waals surface area contributed by atoms with Gasteiger partial charge in [-0.3, -0.25) is 9.59 Å². The number of carbonyl (C=O) groups is 2. The Balaban J connectivity index is 2.49. The Labute approximate surface area is 112 Å². The Bertz CT molecular complexity index is 618. The third-order valence-electron chi connectivity index (χ3n) is 2.91. The van der Waals surface area contributed by atoms with Crippen LogP contribution in [-0.2, 0) is 0 Å². The summed E-state index contributed by atoms with van der Waals surface area (Å²) in [5, 5.41) is 0. The minimum Gasteiger partial charge on any atom is -0.345 e. The fourth-order valence-electron chi connectivity index (χ4n) is 1.94. The zero-order chi connectivity index (χ0) is 13.8. The predicted octanol–water partition coefficient (Wildman–Crippen LogP) is 2.87. The molecular formula is C16H15NO2. The number of aldehydes is 1. The van der Waals surface area contributed by atoms with Crippen molar-refractivity contribution in [3.8, 4) is 11.1 Å². The van der Waals surface area contributed by atoms with Crippen LogP contribution in [0.15, 0.2) is 48.5 Å². The summed E-state index contributed by atoms with van der Waals surface area (Å²) in [5.74, 6) is -0.0505. The van der Waals surface area contributed by atoms with Crippen LogP contribution in [0.3, 0.4) is 0 Å². The number of rotatable bonds is 3. The standard InChI is InChI=1S/C16H15NO2/c1-17(2)16(19)13-8-5-7-12(10-13)15-9-4-3-6-14(15)11-18/h3-11H,1-2H3. The van der Waals surface area contributed by atoms with Gasteiger partial charge in [0, 0.05) is 25.2 Å². The number of hydrogen-bond acceptors (Lipinski definition) is 2. The summed E-state index contributed by atoms with van der Waals surface area (Å²) >= 11 is 0. The molecule has 0 spiro atoms. The molecule has 19 heavy (non-hydrogen) atoms. The maximum atomic E-state index is 11.9. The Hall–Kier alpha value is -2.42. The average molecular weight is 253 g/mol. The van der Waals surface area contributed by atoms with Crippen LogP contribution in [0.1, 0.15) is 20.7 Å². The van der Waals surface area contributed by atoms with Crippen molar-refractivity contribution in [2.75, 3.05) is 14.1 Å². The smallest absolute Gasteiger partial charge is 0.253 e. The van der Waals surface area contributed by atoms with Crippen LogP contribution in [0.2, 0.25) is 0 Å². The van der Waals surface area contributed by atoms with Gasteiger partial charge in [0.1, 0.15) is 0 Å². The summed E-state index contributed by atoms with van der Waals surface area (Å²) in [7, 11) is 3.43. The fourth-order valence-corrected chi connectivity index (χ4v) is 1.94. The molecule has 0 saturated heterocycles. The number of amides is 1. The number of hydrogen-bond donors (Lipinski definition) is 0. The van der Waals surface area contributed by atoms with Crippen LogP contribution >= 0.6 is 0 Å². The van der Waals surface area contributed by atoms with Crippen molar-refractivity contribution in [1.29, 1.82) is 0 Å². The number of benzene rings is 2. The minimum atomic E-state index is -0.0505. The molecule has 3 nitrogen and oxygen atoms in total. The van der Waals surface area contributed by atoms with E-state index in [4.69, 9.17) is 0 Å².